The molecule has 0 saturated heterocycles. The monoisotopic (exact) mass is 431 g/mol. The van der Waals surface area contributed by atoms with Crippen LogP contribution in [0.1, 0.15) is 30.5 Å². The van der Waals surface area contributed by atoms with Gasteiger partial charge >= 0.3 is 0 Å². The summed E-state index contributed by atoms with van der Waals surface area (Å²) < 4.78 is 0. The van der Waals surface area contributed by atoms with Crippen LogP contribution in [0.15, 0.2) is 71.8 Å². The van der Waals surface area contributed by atoms with Crippen molar-refractivity contribution >= 4 is 30.1 Å². The molecule has 0 atom stereocenters. The van der Waals surface area contributed by atoms with Gasteiger partial charge in [-0.3, -0.25) is 4.79 Å². The first-order chi connectivity index (χ1) is 15.1. The maximum Gasteiger partial charge on any atom is 0.207 e. The van der Waals surface area contributed by atoms with Gasteiger partial charge in [-0.15, -0.1) is 11.8 Å². The Bertz CT molecular complexity index is 1030. The standard InChI is InChI=1S/C26H29N3OS/c1-19(2)31-25-12-10-22(11-13-25)24-16-23(26(27)29-17-24)9-5-8-20-6-3-4-7-21(20)14-15-28-18-30/h3-7,9-13,16-19H,8,14-15H2,1-2H3,(H2,27,29)(H,28,30)/b9-5+. The van der Waals surface area contributed by atoms with Crippen LogP contribution >= 0.6 is 11.8 Å². The molecule has 160 valence electrons. The SMILES string of the molecule is CC(C)Sc1ccc(-c2cnc(N)c(/C=C/Cc3ccccc3CCNC=O)c2)cc1. The molecule has 0 unspecified atom stereocenters. The molecule has 0 aliphatic heterocycles. The molecule has 5 heteroatoms. The zero-order chi connectivity index (χ0) is 22.1. The van der Waals surface area contributed by atoms with Gasteiger partial charge in [-0.1, -0.05) is 62.4 Å². The fourth-order valence-electron chi connectivity index (χ4n) is 3.36. The van der Waals surface area contributed by atoms with E-state index in [2.05, 4.69) is 72.7 Å². The van der Waals surface area contributed by atoms with Gasteiger partial charge in [-0.25, -0.2) is 4.98 Å². The van der Waals surface area contributed by atoms with Gasteiger partial charge < -0.3 is 11.1 Å². The summed E-state index contributed by atoms with van der Waals surface area (Å²) in [7, 11) is 0. The van der Waals surface area contributed by atoms with E-state index in [9.17, 15) is 4.79 Å². The van der Waals surface area contributed by atoms with Crippen LogP contribution in [-0.4, -0.2) is 23.2 Å². The van der Waals surface area contributed by atoms with E-state index in [-0.39, 0.29) is 0 Å². The highest BCUT2D eigenvalue weighted by molar-refractivity contribution is 7.99. The number of nitrogens with two attached hydrogens (primary N) is 1. The molecule has 3 aromatic rings. The number of benzene rings is 2. The maximum absolute atomic E-state index is 10.5. The molecule has 0 fully saturated rings. The van der Waals surface area contributed by atoms with Crippen molar-refractivity contribution in [2.75, 3.05) is 12.3 Å². The van der Waals surface area contributed by atoms with Crippen molar-refractivity contribution in [1.82, 2.24) is 10.3 Å². The maximum atomic E-state index is 10.5. The average Bonchev–Trinajstić information content (AvgIpc) is 2.76. The third-order valence-corrected chi connectivity index (χ3v) is 5.90. The van der Waals surface area contributed by atoms with Gasteiger partial charge in [0, 0.05) is 34.0 Å². The van der Waals surface area contributed by atoms with E-state index in [1.54, 1.807) is 0 Å². The second kappa shape index (κ2) is 11.4. The van der Waals surface area contributed by atoms with Gasteiger partial charge in [-0.2, -0.15) is 0 Å². The lowest BCUT2D eigenvalue weighted by atomic mass is 10.0. The highest BCUT2D eigenvalue weighted by Gasteiger charge is 2.05. The number of carbonyl (C=O) groups is 1. The Balaban J connectivity index is 1.73. The summed E-state index contributed by atoms with van der Waals surface area (Å²) in [6.07, 6.45) is 8.32. The molecule has 1 amide bonds. The topological polar surface area (TPSA) is 68.0 Å². The number of allylic oxidation sites excluding steroid dienone is 1. The fourth-order valence-corrected chi connectivity index (χ4v) is 4.20. The van der Waals surface area contributed by atoms with E-state index >= 15 is 0 Å². The van der Waals surface area contributed by atoms with Gasteiger partial charge in [0.2, 0.25) is 6.41 Å². The van der Waals surface area contributed by atoms with Crippen LogP contribution in [0.5, 0.6) is 0 Å². The number of rotatable bonds is 10. The summed E-state index contributed by atoms with van der Waals surface area (Å²) in [4.78, 5) is 16.2. The summed E-state index contributed by atoms with van der Waals surface area (Å²) >= 11 is 1.86. The normalized spacial score (nSPS) is 11.2. The lowest BCUT2D eigenvalue weighted by molar-refractivity contribution is -0.109. The number of pyridine rings is 1. The molecule has 0 saturated carbocycles. The second-order valence-electron chi connectivity index (χ2n) is 7.59. The van der Waals surface area contributed by atoms with Crippen LogP contribution < -0.4 is 11.1 Å². The Morgan fingerprint density at radius 3 is 2.52 bits per heavy atom. The Kier molecular flexibility index (Phi) is 8.30. The van der Waals surface area contributed by atoms with E-state index in [0.717, 1.165) is 35.9 Å². The summed E-state index contributed by atoms with van der Waals surface area (Å²) in [5.74, 6) is 0.524. The van der Waals surface area contributed by atoms with E-state index in [0.29, 0.717) is 17.6 Å². The van der Waals surface area contributed by atoms with Gasteiger partial charge in [0.25, 0.3) is 0 Å². The quantitative estimate of drug-likeness (QED) is 0.257. The molecule has 4 nitrogen and oxygen atoms in total. The summed E-state index contributed by atoms with van der Waals surface area (Å²) in [6.45, 7) is 5.03. The molecule has 0 aliphatic rings. The molecule has 3 rings (SSSR count). The average molecular weight is 432 g/mol. The number of hydrogen-bond donors (Lipinski definition) is 2. The smallest absolute Gasteiger partial charge is 0.207 e. The first-order valence-electron chi connectivity index (χ1n) is 10.5. The number of thioether (sulfide) groups is 1. The molecule has 3 N–H and O–H groups in total. The number of aromatic nitrogens is 1. The Morgan fingerprint density at radius 1 is 1.06 bits per heavy atom. The van der Waals surface area contributed by atoms with Crippen LogP contribution in [-0.2, 0) is 17.6 Å². The highest BCUT2D eigenvalue weighted by Crippen LogP contribution is 2.28. The molecular formula is C26H29N3OS. The van der Waals surface area contributed by atoms with Crippen molar-refractivity contribution in [3.05, 3.63) is 83.6 Å². The molecule has 0 bridgehead atoms. The predicted molar refractivity (Wildman–Crippen MR) is 132 cm³/mol. The lowest BCUT2D eigenvalue weighted by Crippen LogP contribution is -2.15. The molecular weight excluding hydrogens is 402 g/mol. The van der Waals surface area contributed by atoms with Gasteiger partial charge in [-0.05, 0) is 47.7 Å². The second-order valence-corrected chi connectivity index (χ2v) is 9.24. The van der Waals surface area contributed by atoms with Crippen LogP contribution in [0.25, 0.3) is 17.2 Å². The van der Waals surface area contributed by atoms with E-state index in [1.165, 1.54) is 16.0 Å². The van der Waals surface area contributed by atoms with Crippen LogP contribution in [0.3, 0.4) is 0 Å². The minimum absolute atomic E-state index is 0.524. The summed E-state index contributed by atoms with van der Waals surface area (Å²) in [5.41, 5.74) is 11.7. The lowest BCUT2D eigenvalue weighted by Gasteiger charge is -2.09. The molecule has 0 radical (unpaired) electrons. The van der Waals surface area contributed by atoms with Crippen molar-refractivity contribution in [2.24, 2.45) is 0 Å². The van der Waals surface area contributed by atoms with Crippen molar-refractivity contribution in [1.29, 1.82) is 0 Å². The summed E-state index contributed by atoms with van der Waals surface area (Å²) in [5, 5.41) is 3.29. The van der Waals surface area contributed by atoms with Crippen molar-refractivity contribution in [3.63, 3.8) is 0 Å². The van der Waals surface area contributed by atoms with Crippen LogP contribution in [0, 0.1) is 0 Å². The molecule has 1 heterocycles. The number of nitrogens with one attached hydrogen (secondary N) is 1. The number of carbonyl (C=O) groups excluding carboxylic acids is 1. The van der Waals surface area contributed by atoms with Crippen molar-refractivity contribution in [2.45, 2.75) is 36.8 Å². The van der Waals surface area contributed by atoms with Gasteiger partial charge in [0.15, 0.2) is 0 Å². The number of hydrogen-bond acceptors (Lipinski definition) is 4. The molecule has 0 spiro atoms. The first-order valence-corrected chi connectivity index (χ1v) is 11.4. The largest absolute Gasteiger partial charge is 0.383 e. The van der Waals surface area contributed by atoms with Gasteiger partial charge in [0.1, 0.15) is 5.82 Å². The number of amides is 1. The zero-order valence-corrected chi connectivity index (χ0v) is 18.9. The number of nitrogen functional groups attached to an aromatic ring is 1. The Labute approximate surface area is 189 Å². The number of anilines is 1. The molecule has 31 heavy (non-hydrogen) atoms. The first kappa shape index (κ1) is 22.6. The Hall–Kier alpha value is -3.05. The Morgan fingerprint density at radius 2 is 1.81 bits per heavy atom. The number of nitrogens with zero attached hydrogens (tertiary/aromatic N) is 1. The summed E-state index contributed by atoms with van der Waals surface area (Å²) in [6, 6.07) is 19.0. The molecule has 2 aromatic carbocycles. The minimum Gasteiger partial charge on any atom is -0.383 e. The fraction of sp³-hybridized carbons (Fsp3) is 0.231. The highest BCUT2D eigenvalue weighted by atomic mass is 32.2. The van der Waals surface area contributed by atoms with E-state index < -0.39 is 0 Å². The predicted octanol–water partition coefficient (Wildman–Crippen LogP) is 5.38. The zero-order valence-electron chi connectivity index (χ0n) is 18.0. The third-order valence-electron chi connectivity index (χ3n) is 4.88. The van der Waals surface area contributed by atoms with Crippen LogP contribution in [0.2, 0.25) is 0 Å². The van der Waals surface area contributed by atoms with Crippen LogP contribution in [0.4, 0.5) is 5.82 Å². The van der Waals surface area contributed by atoms with Gasteiger partial charge in [0.05, 0.1) is 0 Å². The minimum atomic E-state index is 0.524. The van der Waals surface area contributed by atoms with Crippen molar-refractivity contribution in [3.8, 4) is 11.1 Å². The third kappa shape index (κ3) is 6.72. The molecule has 1 aromatic heterocycles. The molecule has 0 aliphatic carbocycles. The van der Waals surface area contributed by atoms with Crippen molar-refractivity contribution < 1.29 is 4.79 Å². The van der Waals surface area contributed by atoms with E-state index in [1.807, 2.05) is 36.2 Å². The van der Waals surface area contributed by atoms with E-state index in [4.69, 9.17) is 5.73 Å².